The number of urea groups is 1. The van der Waals surface area contributed by atoms with Crippen LogP contribution in [0.2, 0.25) is 0 Å². The first-order valence-corrected chi connectivity index (χ1v) is 6.94. The molecule has 22 heavy (non-hydrogen) atoms. The molecule has 1 aromatic carbocycles. The summed E-state index contributed by atoms with van der Waals surface area (Å²) in [5, 5.41) is 4.77. The highest BCUT2D eigenvalue weighted by molar-refractivity contribution is 6.07. The fourth-order valence-electron chi connectivity index (χ4n) is 2.93. The minimum absolute atomic E-state index is 0.124. The van der Waals surface area contributed by atoms with Crippen LogP contribution in [0.4, 0.5) is 4.79 Å². The summed E-state index contributed by atoms with van der Waals surface area (Å²) in [6.45, 7) is 4.00. The normalized spacial score (nSPS) is 23.4. The van der Waals surface area contributed by atoms with Gasteiger partial charge in [0.1, 0.15) is 11.3 Å². The zero-order valence-corrected chi connectivity index (χ0v) is 12.6. The summed E-state index contributed by atoms with van der Waals surface area (Å²) in [6, 6.07) is 3.11. The predicted molar refractivity (Wildman–Crippen MR) is 77.6 cm³/mol. The minimum atomic E-state index is -1.10. The summed E-state index contributed by atoms with van der Waals surface area (Å²) in [5.41, 5.74) is 1.26. The lowest BCUT2D eigenvalue weighted by atomic mass is 10.0. The van der Waals surface area contributed by atoms with E-state index in [0.717, 1.165) is 16.9 Å². The molecular weight excluding hydrogens is 286 g/mol. The highest BCUT2D eigenvalue weighted by Crippen LogP contribution is 2.30. The van der Waals surface area contributed by atoms with E-state index in [1.807, 2.05) is 13.0 Å². The monoisotopic (exact) mass is 303 g/mol. The maximum absolute atomic E-state index is 12.5. The van der Waals surface area contributed by atoms with Crippen molar-refractivity contribution in [3.63, 3.8) is 0 Å². The third-order valence-corrected chi connectivity index (χ3v) is 4.12. The Bertz CT molecular complexity index is 700. The second-order valence-corrected chi connectivity index (χ2v) is 5.88. The summed E-state index contributed by atoms with van der Waals surface area (Å²) in [7, 11) is 1.59. The first-order chi connectivity index (χ1) is 10.3. The van der Waals surface area contributed by atoms with Crippen molar-refractivity contribution in [1.29, 1.82) is 0 Å². The number of carbonyl (C=O) groups excluding carboxylic acids is 3. The van der Waals surface area contributed by atoms with Gasteiger partial charge in [-0.1, -0.05) is 0 Å². The average Bonchev–Trinajstić information content (AvgIpc) is 2.87. The molecule has 7 heteroatoms. The van der Waals surface area contributed by atoms with Crippen molar-refractivity contribution in [1.82, 2.24) is 15.5 Å². The zero-order valence-electron chi connectivity index (χ0n) is 12.6. The van der Waals surface area contributed by atoms with Crippen LogP contribution in [0.3, 0.4) is 0 Å². The maximum Gasteiger partial charge on any atom is 0.322 e. The zero-order chi connectivity index (χ0) is 16.1. The van der Waals surface area contributed by atoms with Crippen LogP contribution in [0.5, 0.6) is 5.75 Å². The second kappa shape index (κ2) is 4.72. The Morgan fingerprint density at radius 1 is 1.32 bits per heavy atom. The molecule has 0 spiro atoms. The molecule has 1 saturated heterocycles. The van der Waals surface area contributed by atoms with Crippen LogP contribution in [0.25, 0.3) is 0 Å². The molecule has 3 rings (SSSR count). The van der Waals surface area contributed by atoms with Gasteiger partial charge in [0.25, 0.3) is 11.8 Å². The summed E-state index contributed by atoms with van der Waals surface area (Å²) in [4.78, 5) is 37.3. The lowest BCUT2D eigenvalue weighted by Gasteiger charge is -2.26. The Hall–Kier alpha value is -2.57. The molecule has 1 unspecified atom stereocenters. The van der Waals surface area contributed by atoms with Crippen LogP contribution >= 0.6 is 0 Å². The summed E-state index contributed by atoms with van der Waals surface area (Å²) in [5.74, 6) is 0.164. The molecule has 2 heterocycles. The van der Waals surface area contributed by atoms with Gasteiger partial charge in [-0.2, -0.15) is 0 Å². The van der Waals surface area contributed by atoms with E-state index in [1.165, 1.54) is 0 Å². The molecule has 0 aromatic heterocycles. The van der Waals surface area contributed by atoms with Gasteiger partial charge in [0.2, 0.25) is 0 Å². The molecular formula is C15H17N3O4. The molecule has 2 aliphatic heterocycles. The van der Waals surface area contributed by atoms with E-state index in [4.69, 9.17) is 4.74 Å². The van der Waals surface area contributed by atoms with Gasteiger partial charge in [0.15, 0.2) is 0 Å². The van der Waals surface area contributed by atoms with E-state index >= 15 is 0 Å². The van der Waals surface area contributed by atoms with Gasteiger partial charge in [0, 0.05) is 12.1 Å². The number of ether oxygens (including phenoxy) is 1. The minimum Gasteiger partial charge on any atom is -0.496 e. The molecule has 1 aromatic rings. The molecule has 1 fully saturated rings. The molecule has 0 saturated carbocycles. The number of hydrogen-bond donors (Lipinski definition) is 2. The van der Waals surface area contributed by atoms with Crippen LogP contribution in [0.1, 0.15) is 28.4 Å². The van der Waals surface area contributed by atoms with Gasteiger partial charge >= 0.3 is 6.03 Å². The van der Waals surface area contributed by atoms with Crippen molar-refractivity contribution in [2.45, 2.75) is 25.9 Å². The first kappa shape index (κ1) is 14.4. The van der Waals surface area contributed by atoms with Crippen molar-refractivity contribution in [3.05, 3.63) is 28.8 Å². The quantitative estimate of drug-likeness (QED) is 0.799. The molecule has 4 amide bonds. The molecule has 2 N–H and O–H groups in total. The Labute approximate surface area is 127 Å². The van der Waals surface area contributed by atoms with Crippen LogP contribution in [0, 0.1) is 6.92 Å². The Kier molecular flexibility index (Phi) is 3.09. The Morgan fingerprint density at radius 3 is 2.64 bits per heavy atom. The SMILES string of the molecule is COc1cc2c(cc1C)C(=O)N(CC1(C)NC(=O)NC1=O)C2. The fraction of sp³-hybridized carbons (Fsp3) is 0.400. The first-order valence-electron chi connectivity index (χ1n) is 6.94. The van der Waals surface area contributed by atoms with E-state index in [-0.39, 0.29) is 12.5 Å². The maximum atomic E-state index is 12.5. The van der Waals surface area contributed by atoms with E-state index in [9.17, 15) is 14.4 Å². The van der Waals surface area contributed by atoms with Crippen LogP contribution < -0.4 is 15.4 Å². The molecule has 0 aliphatic carbocycles. The molecule has 116 valence electrons. The van der Waals surface area contributed by atoms with Crippen molar-refractivity contribution >= 4 is 17.8 Å². The molecule has 0 bridgehead atoms. The smallest absolute Gasteiger partial charge is 0.322 e. The topological polar surface area (TPSA) is 87.7 Å². The number of nitrogens with one attached hydrogen (secondary N) is 2. The largest absolute Gasteiger partial charge is 0.496 e. The number of carbonyl (C=O) groups is 3. The number of hydrogen-bond acceptors (Lipinski definition) is 4. The second-order valence-electron chi connectivity index (χ2n) is 5.88. The summed E-state index contributed by atoms with van der Waals surface area (Å²) >= 11 is 0. The van der Waals surface area contributed by atoms with Gasteiger partial charge in [-0.25, -0.2) is 4.79 Å². The van der Waals surface area contributed by atoms with E-state index in [0.29, 0.717) is 12.1 Å². The van der Waals surface area contributed by atoms with E-state index in [2.05, 4.69) is 10.6 Å². The lowest BCUT2D eigenvalue weighted by Crippen LogP contribution is -2.52. The Morgan fingerprint density at radius 2 is 2.05 bits per heavy atom. The van der Waals surface area contributed by atoms with Gasteiger partial charge in [0.05, 0.1) is 13.7 Å². The fourth-order valence-corrected chi connectivity index (χ4v) is 2.93. The van der Waals surface area contributed by atoms with Crippen molar-refractivity contribution < 1.29 is 19.1 Å². The van der Waals surface area contributed by atoms with Crippen molar-refractivity contribution in [3.8, 4) is 5.75 Å². The highest BCUT2D eigenvalue weighted by Gasteiger charge is 2.45. The number of imide groups is 1. The summed E-state index contributed by atoms with van der Waals surface area (Å²) in [6.07, 6.45) is 0. The average molecular weight is 303 g/mol. The lowest BCUT2D eigenvalue weighted by molar-refractivity contribution is -0.123. The van der Waals surface area contributed by atoms with Crippen LogP contribution in [0.15, 0.2) is 12.1 Å². The van der Waals surface area contributed by atoms with Gasteiger partial charge < -0.3 is 15.0 Å². The van der Waals surface area contributed by atoms with E-state index < -0.39 is 17.5 Å². The number of methoxy groups -OCH3 is 1. The summed E-state index contributed by atoms with van der Waals surface area (Å²) < 4.78 is 5.27. The number of fused-ring (bicyclic) bond motifs is 1. The predicted octanol–water partition coefficient (Wildman–Crippen LogP) is 0.558. The third kappa shape index (κ3) is 2.09. The Balaban J connectivity index is 1.85. The van der Waals surface area contributed by atoms with Gasteiger partial charge in [-0.05, 0) is 37.1 Å². The van der Waals surface area contributed by atoms with Crippen LogP contribution in [-0.4, -0.2) is 41.9 Å². The molecule has 7 nitrogen and oxygen atoms in total. The molecule has 1 atom stereocenters. The molecule has 0 radical (unpaired) electrons. The number of nitrogens with zero attached hydrogens (tertiary/aromatic N) is 1. The van der Waals surface area contributed by atoms with Crippen LogP contribution in [-0.2, 0) is 11.3 Å². The van der Waals surface area contributed by atoms with Crippen molar-refractivity contribution in [2.75, 3.05) is 13.7 Å². The number of benzene rings is 1. The number of aryl methyl sites for hydroxylation is 1. The van der Waals surface area contributed by atoms with E-state index in [1.54, 1.807) is 25.0 Å². The highest BCUT2D eigenvalue weighted by atomic mass is 16.5. The standard InChI is InChI=1S/C15H17N3O4/c1-8-4-10-9(5-11(8)22-3)6-18(12(10)19)7-15(2)13(20)16-14(21)17-15/h4-5H,6-7H2,1-3H3,(H2,16,17,20,21). The molecule has 2 aliphatic rings. The number of amides is 4. The van der Waals surface area contributed by atoms with Crippen molar-refractivity contribution in [2.24, 2.45) is 0 Å². The third-order valence-electron chi connectivity index (χ3n) is 4.12. The van der Waals surface area contributed by atoms with Gasteiger partial charge in [-0.3, -0.25) is 14.9 Å². The van der Waals surface area contributed by atoms with Gasteiger partial charge in [-0.15, -0.1) is 0 Å². The number of rotatable bonds is 3.